The Kier molecular flexibility index (Phi) is 5.55. The van der Waals surface area contributed by atoms with Crippen LogP contribution in [0.3, 0.4) is 0 Å². The molecule has 26 heavy (non-hydrogen) atoms. The molecule has 1 fully saturated rings. The molecule has 3 rings (SSSR count). The number of carbonyl (C=O) groups excluding carboxylic acids is 2. The van der Waals surface area contributed by atoms with Crippen LogP contribution in [0.5, 0.6) is 0 Å². The van der Waals surface area contributed by atoms with Gasteiger partial charge in [-0.15, -0.1) is 0 Å². The summed E-state index contributed by atoms with van der Waals surface area (Å²) >= 11 is 0. The van der Waals surface area contributed by atoms with Crippen LogP contribution in [-0.2, 0) is 0 Å². The maximum Gasteiger partial charge on any atom is 0.257 e. The van der Waals surface area contributed by atoms with Gasteiger partial charge in [-0.25, -0.2) is 8.78 Å². The molecule has 5 nitrogen and oxygen atoms in total. The lowest BCUT2D eigenvalue weighted by Gasteiger charge is -2.20. The summed E-state index contributed by atoms with van der Waals surface area (Å²) in [4.78, 5) is 30.7. The molecule has 1 aromatic carbocycles. The third-order valence-corrected chi connectivity index (χ3v) is 4.32. The zero-order valence-corrected chi connectivity index (χ0v) is 14.2. The first-order valence-electron chi connectivity index (χ1n) is 8.55. The van der Waals surface area contributed by atoms with E-state index in [1.54, 1.807) is 4.90 Å². The van der Waals surface area contributed by atoms with Crippen LogP contribution in [0.4, 0.5) is 14.5 Å². The summed E-state index contributed by atoms with van der Waals surface area (Å²) in [7, 11) is 0. The summed E-state index contributed by atoms with van der Waals surface area (Å²) in [5.41, 5.74) is 0.314. The summed E-state index contributed by atoms with van der Waals surface area (Å²) in [6.07, 6.45) is 6.85. The molecule has 0 atom stereocenters. The van der Waals surface area contributed by atoms with Crippen molar-refractivity contribution >= 4 is 17.5 Å². The Morgan fingerprint density at radius 1 is 0.962 bits per heavy atom. The van der Waals surface area contributed by atoms with E-state index in [2.05, 4.69) is 10.3 Å². The number of carbonyl (C=O) groups is 2. The molecule has 2 heterocycles. The zero-order valence-electron chi connectivity index (χ0n) is 14.2. The van der Waals surface area contributed by atoms with Gasteiger partial charge in [-0.05, 0) is 31.0 Å². The number of nitrogens with one attached hydrogen (secondary N) is 1. The predicted molar refractivity (Wildman–Crippen MR) is 92.9 cm³/mol. The topological polar surface area (TPSA) is 62.3 Å². The molecule has 1 aromatic heterocycles. The number of hydrogen-bond donors (Lipinski definition) is 1. The third-order valence-electron chi connectivity index (χ3n) is 4.32. The fourth-order valence-electron chi connectivity index (χ4n) is 2.92. The molecule has 2 amide bonds. The molecule has 0 spiro atoms. The number of nitrogens with zero attached hydrogens (tertiary/aromatic N) is 2. The van der Waals surface area contributed by atoms with Gasteiger partial charge in [-0.3, -0.25) is 14.6 Å². The SMILES string of the molecule is O=C(Nc1ccc(F)cc1F)c1cncc(C(=O)N2CCCCCC2)c1. The van der Waals surface area contributed by atoms with Crippen LogP contribution in [0.1, 0.15) is 46.4 Å². The van der Waals surface area contributed by atoms with E-state index in [0.717, 1.165) is 37.8 Å². The molecular weight excluding hydrogens is 340 g/mol. The van der Waals surface area contributed by atoms with Crippen molar-refractivity contribution in [2.75, 3.05) is 18.4 Å². The van der Waals surface area contributed by atoms with Crippen molar-refractivity contribution in [3.8, 4) is 0 Å². The number of amides is 2. The van der Waals surface area contributed by atoms with E-state index < -0.39 is 17.5 Å². The number of pyridine rings is 1. The largest absolute Gasteiger partial charge is 0.339 e. The standard InChI is InChI=1S/C19H19F2N3O2/c20-15-5-6-17(16(21)10-15)23-18(25)13-9-14(12-22-11-13)19(26)24-7-3-1-2-4-8-24/h5-6,9-12H,1-4,7-8H2,(H,23,25). The average molecular weight is 359 g/mol. The molecule has 1 N–H and O–H groups in total. The first-order valence-corrected chi connectivity index (χ1v) is 8.55. The van der Waals surface area contributed by atoms with Crippen molar-refractivity contribution in [1.82, 2.24) is 9.88 Å². The van der Waals surface area contributed by atoms with Crippen LogP contribution in [-0.4, -0.2) is 34.8 Å². The minimum absolute atomic E-state index is 0.134. The summed E-state index contributed by atoms with van der Waals surface area (Å²) < 4.78 is 26.6. The first kappa shape index (κ1) is 18.0. The minimum Gasteiger partial charge on any atom is -0.339 e. The lowest BCUT2D eigenvalue weighted by Crippen LogP contribution is -2.32. The maximum absolute atomic E-state index is 13.7. The van der Waals surface area contributed by atoms with E-state index >= 15 is 0 Å². The lowest BCUT2D eigenvalue weighted by atomic mass is 10.1. The molecule has 136 valence electrons. The van der Waals surface area contributed by atoms with Crippen LogP contribution >= 0.6 is 0 Å². The molecule has 7 heteroatoms. The monoisotopic (exact) mass is 359 g/mol. The van der Waals surface area contributed by atoms with E-state index in [9.17, 15) is 18.4 Å². The Bertz CT molecular complexity index is 818. The Hall–Kier alpha value is -2.83. The van der Waals surface area contributed by atoms with E-state index in [-0.39, 0.29) is 17.2 Å². The summed E-state index contributed by atoms with van der Waals surface area (Å²) in [6, 6.07) is 4.32. The van der Waals surface area contributed by atoms with E-state index in [4.69, 9.17) is 0 Å². The summed E-state index contributed by atoms with van der Waals surface area (Å²) in [5.74, 6) is -2.38. The molecule has 0 bridgehead atoms. The molecular formula is C19H19F2N3O2. The fraction of sp³-hybridized carbons (Fsp3) is 0.316. The van der Waals surface area contributed by atoms with Gasteiger partial charge in [0.25, 0.3) is 11.8 Å². The van der Waals surface area contributed by atoms with E-state index in [0.29, 0.717) is 24.7 Å². The van der Waals surface area contributed by atoms with Crippen LogP contribution in [0.25, 0.3) is 0 Å². The van der Waals surface area contributed by atoms with Gasteiger partial charge in [0, 0.05) is 31.5 Å². The van der Waals surface area contributed by atoms with E-state index in [1.807, 2.05) is 0 Å². The smallest absolute Gasteiger partial charge is 0.257 e. The highest BCUT2D eigenvalue weighted by molar-refractivity contribution is 6.05. The Balaban J connectivity index is 1.75. The molecule has 1 aliphatic rings. The number of aromatic nitrogens is 1. The predicted octanol–water partition coefficient (Wildman–Crippen LogP) is 3.63. The van der Waals surface area contributed by atoms with Gasteiger partial charge in [0.2, 0.25) is 0 Å². The molecule has 1 aliphatic heterocycles. The van der Waals surface area contributed by atoms with Gasteiger partial charge in [0.15, 0.2) is 0 Å². The lowest BCUT2D eigenvalue weighted by molar-refractivity contribution is 0.0761. The number of benzene rings is 1. The van der Waals surface area contributed by atoms with Gasteiger partial charge in [0.05, 0.1) is 16.8 Å². The summed E-state index contributed by atoms with van der Waals surface area (Å²) in [5, 5.41) is 2.36. The van der Waals surface area contributed by atoms with Gasteiger partial charge < -0.3 is 10.2 Å². The second kappa shape index (κ2) is 8.03. The van der Waals surface area contributed by atoms with Gasteiger partial charge in [-0.1, -0.05) is 12.8 Å². The number of likely N-dealkylation sites (tertiary alicyclic amines) is 1. The quantitative estimate of drug-likeness (QED) is 0.910. The normalized spacial score (nSPS) is 14.6. The van der Waals surface area contributed by atoms with Crippen molar-refractivity contribution < 1.29 is 18.4 Å². The van der Waals surface area contributed by atoms with Crippen molar-refractivity contribution in [3.05, 3.63) is 59.4 Å². The van der Waals surface area contributed by atoms with Gasteiger partial charge in [0.1, 0.15) is 11.6 Å². The van der Waals surface area contributed by atoms with Crippen molar-refractivity contribution in [2.45, 2.75) is 25.7 Å². The van der Waals surface area contributed by atoms with Crippen molar-refractivity contribution in [2.24, 2.45) is 0 Å². The number of halogens is 2. The first-order chi connectivity index (χ1) is 12.5. The molecule has 2 aromatic rings. The summed E-state index contributed by atoms with van der Waals surface area (Å²) in [6.45, 7) is 1.38. The van der Waals surface area contributed by atoms with Crippen LogP contribution in [0.15, 0.2) is 36.7 Å². The van der Waals surface area contributed by atoms with Crippen molar-refractivity contribution in [3.63, 3.8) is 0 Å². The highest BCUT2D eigenvalue weighted by Gasteiger charge is 2.19. The Labute approximate surface area is 150 Å². The average Bonchev–Trinajstić information content (AvgIpc) is 2.93. The van der Waals surface area contributed by atoms with Crippen molar-refractivity contribution in [1.29, 1.82) is 0 Å². The number of hydrogen-bond acceptors (Lipinski definition) is 3. The highest BCUT2D eigenvalue weighted by Crippen LogP contribution is 2.17. The minimum atomic E-state index is -0.872. The molecule has 0 radical (unpaired) electrons. The van der Waals surface area contributed by atoms with Gasteiger partial charge in [-0.2, -0.15) is 0 Å². The molecule has 0 aliphatic carbocycles. The molecule has 0 unspecified atom stereocenters. The van der Waals surface area contributed by atoms with Gasteiger partial charge >= 0.3 is 0 Å². The molecule has 1 saturated heterocycles. The van der Waals surface area contributed by atoms with Crippen LogP contribution < -0.4 is 5.32 Å². The fourth-order valence-corrected chi connectivity index (χ4v) is 2.92. The number of rotatable bonds is 3. The third kappa shape index (κ3) is 4.22. The number of anilines is 1. The Morgan fingerprint density at radius 2 is 1.65 bits per heavy atom. The second-order valence-corrected chi connectivity index (χ2v) is 6.25. The van der Waals surface area contributed by atoms with E-state index in [1.165, 1.54) is 18.5 Å². The van der Waals surface area contributed by atoms with Crippen LogP contribution in [0, 0.1) is 11.6 Å². The highest BCUT2D eigenvalue weighted by atomic mass is 19.1. The molecule has 0 saturated carbocycles. The Morgan fingerprint density at radius 3 is 2.35 bits per heavy atom. The second-order valence-electron chi connectivity index (χ2n) is 6.25. The maximum atomic E-state index is 13.7. The zero-order chi connectivity index (χ0) is 18.5. The van der Waals surface area contributed by atoms with Crippen LogP contribution in [0.2, 0.25) is 0 Å².